The molecule has 0 spiro atoms. The van der Waals surface area contributed by atoms with Crippen molar-refractivity contribution in [3.63, 3.8) is 0 Å². The average molecular weight is 244 g/mol. The summed E-state index contributed by atoms with van der Waals surface area (Å²) in [6, 6.07) is 0. The summed E-state index contributed by atoms with van der Waals surface area (Å²) in [7, 11) is 0. The molecule has 0 aliphatic heterocycles. The molecule has 0 fully saturated rings. The monoisotopic (exact) mass is 244 g/mol. The summed E-state index contributed by atoms with van der Waals surface area (Å²) >= 11 is 0. The molecule has 0 aliphatic carbocycles. The Labute approximate surface area is 123 Å². The fourth-order valence-corrected chi connectivity index (χ4v) is 1.09. The van der Waals surface area contributed by atoms with Crippen LogP contribution >= 0.6 is 0 Å². The summed E-state index contributed by atoms with van der Waals surface area (Å²) in [6.45, 7) is 1.61. The molecule has 86 valence electrons. The summed E-state index contributed by atoms with van der Waals surface area (Å²) in [4.78, 5) is 20.9. The van der Waals surface area contributed by atoms with Crippen molar-refractivity contribution in [2.45, 2.75) is 45.4 Å². The van der Waals surface area contributed by atoms with E-state index in [-0.39, 0.29) is 40.6 Å². The molecule has 5 heteroatoms. The Balaban J connectivity index is -0.000000282. The third-order valence-corrected chi connectivity index (χ3v) is 1.84. The van der Waals surface area contributed by atoms with E-state index in [0.717, 1.165) is 19.3 Å². The van der Waals surface area contributed by atoms with Crippen LogP contribution in [-0.2, 0) is 14.3 Å². The quantitative estimate of drug-likeness (QED) is 0.402. The van der Waals surface area contributed by atoms with Gasteiger partial charge in [0.25, 0.3) is 0 Å². The van der Waals surface area contributed by atoms with Crippen LogP contribution in [0.4, 0.5) is 0 Å². The third-order valence-electron chi connectivity index (χ3n) is 1.84. The molecular formula is C10H20CaO4. The second-order valence-electron chi connectivity index (χ2n) is 3.22. The minimum Gasteiger partial charge on any atom is -1.00 e. The first-order chi connectivity index (χ1) is 6.66. The molecular weight excluding hydrogens is 224 g/mol. The Bertz CT molecular complexity index is 191. The van der Waals surface area contributed by atoms with Crippen molar-refractivity contribution in [1.82, 2.24) is 0 Å². The van der Waals surface area contributed by atoms with Crippen molar-refractivity contribution < 1.29 is 22.3 Å². The van der Waals surface area contributed by atoms with E-state index in [9.17, 15) is 9.59 Å². The van der Waals surface area contributed by atoms with Gasteiger partial charge in [-0.1, -0.05) is 32.6 Å². The Morgan fingerprint density at radius 2 is 1.80 bits per heavy atom. The smallest absolute Gasteiger partial charge is 1.00 e. The number of carboxylic acids is 1. The molecule has 0 aromatic heterocycles. The normalized spacial score (nSPS) is 9.13. The van der Waals surface area contributed by atoms with Gasteiger partial charge in [-0.05, 0) is 6.42 Å². The second kappa shape index (κ2) is 12.3. The number of esters is 1. The Morgan fingerprint density at radius 3 is 2.33 bits per heavy atom. The van der Waals surface area contributed by atoms with Gasteiger partial charge in [-0.15, -0.1) is 0 Å². The van der Waals surface area contributed by atoms with Crippen molar-refractivity contribution >= 4 is 49.7 Å². The molecule has 0 atom stereocenters. The molecule has 0 aromatic rings. The topological polar surface area (TPSA) is 63.6 Å². The van der Waals surface area contributed by atoms with Crippen LogP contribution in [0, 0.1) is 0 Å². The molecule has 0 saturated heterocycles. The molecule has 1 N–H and O–H groups in total. The molecule has 0 unspecified atom stereocenters. The Hall–Kier alpha value is 0.200. The summed E-state index contributed by atoms with van der Waals surface area (Å²) in [5.74, 6) is -1.52. The van der Waals surface area contributed by atoms with Crippen molar-refractivity contribution in [3.05, 3.63) is 0 Å². The molecule has 4 nitrogen and oxygen atoms in total. The summed E-state index contributed by atoms with van der Waals surface area (Å²) in [6.07, 6.45) is 5.61. The first-order valence-electron chi connectivity index (χ1n) is 5.04. The molecule has 15 heavy (non-hydrogen) atoms. The van der Waals surface area contributed by atoms with Crippen LogP contribution in [-0.4, -0.2) is 61.4 Å². The fraction of sp³-hybridized carbons (Fsp3) is 0.800. The van der Waals surface area contributed by atoms with Crippen LogP contribution < -0.4 is 0 Å². The first kappa shape index (κ1) is 17.6. The molecule has 0 bridgehead atoms. The first-order valence-corrected chi connectivity index (χ1v) is 5.04. The molecule has 0 aliphatic rings. The molecule has 0 heterocycles. The third kappa shape index (κ3) is 14.2. The summed E-state index contributed by atoms with van der Waals surface area (Å²) < 4.78 is 4.47. The molecule has 0 amide bonds. The number of carbonyl (C=O) groups is 2. The van der Waals surface area contributed by atoms with Crippen molar-refractivity contribution in [3.8, 4) is 0 Å². The van der Waals surface area contributed by atoms with Gasteiger partial charge in [0.1, 0.15) is 0 Å². The largest absolute Gasteiger partial charge is 2.00 e. The van der Waals surface area contributed by atoms with E-state index in [4.69, 9.17) is 5.11 Å². The number of carboxylic acid groups (broad SMARTS) is 1. The van der Waals surface area contributed by atoms with Crippen LogP contribution in [0.2, 0.25) is 0 Å². The molecule has 0 rings (SSSR count). The maximum Gasteiger partial charge on any atom is 2.00 e. The van der Waals surface area contributed by atoms with E-state index in [0.29, 0.717) is 6.42 Å². The SMILES string of the molecule is CCCCCCCC(=O)OCC(=O)O.[Ca+2].[H-].[H-]. The standard InChI is InChI=1S/C10H18O4.Ca.2H/c1-2-3-4-5-6-7-10(13)14-8-9(11)12;;;/h2-8H2,1H3,(H,11,12);;;/q;+2;2*-1. The maximum absolute atomic E-state index is 10.9. The van der Waals surface area contributed by atoms with E-state index < -0.39 is 18.5 Å². The van der Waals surface area contributed by atoms with Gasteiger partial charge in [0.05, 0.1) is 0 Å². The average Bonchev–Trinajstić information content (AvgIpc) is 2.14. The van der Waals surface area contributed by atoms with Gasteiger partial charge in [-0.2, -0.15) is 0 Å². The Kier molecular flexibility index (Phi) is 14.4. The number of rotatable bonds is 8. The summed E-state index contributed by atoms with van der Waals surface area (Å²) in [5.41, 5.74) is 0. The maximum atomic E-state index is 10.9. The summed E-state index contributed by atoms with van der Waals surface area (Å²) in [5, 5.41) is 8.23. The van der Waals surface area contributed by atoms with E-state index in [1.165, 1.54) is 12.8 Å². The zero-order valence-electron chi connectivity index (χ0n) is 11.3. The van der Waals surface area contributed by atoms with Gasteiger partial charge in [0.2, 0.25) is 0 Å². The van der Waals surface area contributed by atoms with Gasteiger partial charge >= 0.3 is 49.7 Å². The van der Waals surface area contributed by atoms with Crippen LogP contribution in [0.25, 0.3) is 0 Å². The van der Waals surface area contributed by atoms with E-state index >= 15 is 0 Å². The van der Waals surface area contributed by atoms with E-state index in [1.54, 1.807) is 0 Å². The van der Waals surface area contributed by atoms with Crippen LogP contribution in [0.3, 0.4) is 0 Å². The van der Waals surface area contributed by atoms with Crippen LogP contribution in [0.1, 0.15) is 48.3 Å². The van der Waals surface area contributed by atoms with Crippen molar-refractivity contribution in [1.29, 1.82) is 0 Å². The number of unbranched alkanes of at least 4 members (excludes halogenated alkanes) is 4. The van der Waals surface area contributed by atoms with E-state index in [2.05, 4.69) is 11.7 Å². The predicted octanol–water partition coefficient (Wildman–Crippen LogP) is 1.82. The number of aliphatic carboxylic acids is 1. The zero-order valence-corrected chi connectivity index (χ0v) is 11.5. The minimum atomic E-state index is -1.11. The molecule has 0 aromatic carbocycles. The van der Waals surface area contributed by atoms with Crippen LogP contribution in [0.5, 0.6) is 0 Å². The minimum absolute atomic E-state index is 0. The number of hydrogen-bond donors (Lipinski definition) is 1. The van der Waals surface area contributed by atoms with Gasteiger partial charge < -0.3 is 12.7 Å². The van der Waals surface area contributed by atoms with Crippen molar-refractivity contribution in [2.75, 3.05) is 6.61 Å². The van der Waals surface area contributed by atoms with Gasteiger partial charge in [0.15, 0.2) is 6.61 Å². The Morgan fingerprint density at radius 1 is 1.20 bits per heavy atom. The fourth-order valence-electron chi connectivity index (χ4n) is 1.09. The molecule has 0 radical (unpaired) electrons. The zero-order chi connectivity index (χ0) is 10.8. The van der Waals surface area contributed by atoms with E-state index in [1.807, 2.05) is 0 Å². The number of hydrogen-bond acceptors (Lipinski definition) is 3. The van der Waals surface area contributed by atoms with Gasteiger partial charge in [0, 0.05) is 6.42 Å². The number of ether oxygens (including phenoxy) is 1. The number of carbonyl (C=O) groups excluding carboxylic acids is 1. The van der Waals surface area contributed by atoms with Gasteiger partial charge in [-0.3, -0.25) is 4.79 Å². The molecule has 0 saturated carbocycles. The second-order valence-corrected chi connectivity index (χ2v) is 3.22. The van der Waals surface area contributed by atoms with Gasteiger partial charge in [-0.25, -0.2) is 4.79 Å². The van der Waals surface area contributed by atoms with Crippen LogP contribution in [0.15, 0.2) is 0 Å². The predicted molar refractivity (Wildman–Crippen MR) is 59.9 cm³/mol. The van der Waals surface area contributed by atoms with Crippen molar-refractivity contribution in [2.24, 2.45) is 0 Å².